The van der Waals surface area contributed by atoms with Crippen LogP contribution in [0.3, 0.4) is 0 Å². The second kappa shape index (κ2) is 4.38. The van der Waals surface area contributed by atoms with E-state index in [0.29, 0.717) is 0 Å². The minimum Gasteiger partial charge on any atom is -0.326 e. The summed E-state index contributed by atoms with van der Waals surface area (Å²) in [4.78, 5) is 3.44. The van der Waals surface area contributed by atoms with Crippen LogP contribution in [0, 0.1) is 0 Å². The number of rotatable bonds is 3. The molecule has 8 heteroatoms. The summed E-state index contributed by atoms with van der Waals surface area (Å²) in [6.45, 7) is -0.180. The zero-order chi connectivity index (χ0) is 12.4. The lowest BCUT2D eigenvalue weighted by atomic mass is 10.3. The van der Waals surface area contributed by atoms with Gasteiger partial charge in [0.2, 0.25) is 9.84 Å². The number of halogens is 3. The number of nitrogens with two attached hydrogens (primary N) is 1. The summed E-state index contributed by atoms with van der Waals surface area (Å²) in [5.74, 6) is -1.93. The molecule has 0 aliphatic heterocycles. The van der Waals surface area contributed by atoms with Gasteiger partial charge in [-0.2, -0.15) is 13.2 Å². The van der Waals surface area contributed by atoms with Gasteiger partial charge < -0.3 is 5.73 Å². The largest absolute Gasteiger partial charge is 0.403 e. The van der Waals surface area contributed by atoms with Crippen LogP contribution < -0.4 is 5.73 Å². The van der Waals surface area contributed by atoms with Crippen molar-refractivity contribution in [3.8, 4) is 0 Å². The Hall–Kier alpha value is -1.15. The van der Waals surface area contributed by atoms with E-state index in [2.05, 4.69) is 4.98 Å². The monoisotopic (exact) mass is 254 g/mol. The summed E-state index contributed by atoms with van der Waals surface area (Å²) >= 11 is 0. The van der Waals surface area contributed by atoms with Gasteiger partial charge in [-0.1, -0.05) is 6.07 Å². The zero-order valence-electron chi connectivity index (χ0n) is 8.03. The Balaban J connectivity index is 3.17. The normalized spacial score (nSPS) is 12.8. The van der Waals surface area contributed by atoms with E-state index >= 15 is 0 Å². The molecule has 0 saturated carbocycles. The highest BCUT2D eigenvalue weighted by Crippen LogP contribution is 2.22. The van der Waals surface area contributed by atoms with E-state index in [1.54, 1.807) is 0 Å². The van der Waals surface area contributed by atoms with Gasteiger partial charge in [0.25, 0.3) is 0 Å². The Morgan fingerprint density at radius 2 is 2.00 bits per heavy atom. The van der Waals surface area contributed by atoms with Crippen LogP contribution in [0.1, 0.15) is 5.56 Å². The van der Waals surface area contributed by atoms with E-state index in [-0.39, 0.29) is 12.1 Å². The Kier molecular flexibility index (Phi) is 3.54. The van der Waals surface area contributed by atoms with Crippen molar-refractivity contribution in [2.75, 3.05) is 5.75 Å². The Labute approximate surface area is 90.2 Å². The predicted molar refractivity (Wildman–Crippen MR) is 50.2 cm³/mol. The Morgan fingerprint density at radius 1 is 1.38 bits per heavy atom. The number of nitrogens with zero attached hydrogens (tertiary/aromatic N) is 1. The van der Waals surface area contributed by atoms with E-state index in [1.165, 1.54) is 12.1 Å². The number of aromatic nitrogens is 1. The molecule has 0 unspecified atom stereocenters. The van der Waals surface area contributed by atoms with Crippen molar-refractivity contribution < 1.29 is 21.6 Å². The third-order valence-electron chi connectivity index (χ3n) is 1.72. The molecule has 0 radical (unpaired) electrons. The van der Waals surface area contributed by atoms with Crippen LogP contribution in [0.15, 0.2) is 23.4 Å². The number of sulfone groups is 1. The van der Waals surface area contributed by atoms with E-state index in [1.807, 2.05) is 0 Å². The van der Waals surface area contributed by atoms with Crippen molar-refractivity contribution in [2.24, 2.45) is 5.73 Å². The van der Waals surface area contributed by atoms with Crippen molar-refractivity contribution in [1.82, 2.24) is 4.98 Å². The Morgan fingerprint density at radius 3 is 2.50 bits per heavy atom. The molecule has 0 spiro atoms. The fourth-order valence-corrected chi connectivity index (χ4v) is 2.48. The maximum absolute atomic E-state index is 12.0. The molecule has 0 aromatic carbocycles. The molecule has 0 saturated heterocycles. The van der Waals surface area contributed by atoms with Gasteiger partial charge in [-0.25, -0.2) is 13.4 Å². The molecule has 1 heterocycles. The van der Waals surface area contributed by atoms with Gasteiger partial charge in [-0.05, 0) is 6.07 Å². The summed E-state index contributed by atoms with van der Waals surface area (Å²) in [6.07, 6.45) is -3.68. The fourth-order valence-electron chi connectivity index (χ4n) is 1.14. The van der Waals surface area contributed by atoms with Crippen LogP contribution in [-0.2, 0) is 16.4 Å². The zero-order valence-corrected chi connectivity index (χ0v) is 8.85. The van der Waals surface area contributed by atoms with Gasteiger partial charge in [-0.15, -0.1) is 0 Å². The molecule has 0 amide bonds. The lowest BCUT2D eigenvalue weighted by molar-refractivity contribution is -0.106. The van der Waals surface area contributed by atoms with Crippen molar-refractivity contribution in [3.63, 3.8) is 0 Å². The molecule has 1 aromatic rings. The van der Waals surface area contributed by atoms with E-state index in [0.717, 1.165) is 6.20 Å². The molecule has 1 aromatic heterocycles. The van der Waals surface area contributed by atoms with E-state index < -0.39 is 26.8 Å². The topological polar surface area (TPSA) is 73.0 Å². The average molecular weight is 254 g/mol. The van der Waals surface area contributed by atoms with Gasteiger partial charge in [-0.3, -0.25) is 0 Å². The molecular formula is C8H9F3N2O2S. The third-order valence-corrected chi connectivity index (χ3v) is 3.38. The second-order valence-corrected chi connectivity index (χ2v) is 4.95. The molecule has 2 N–H and O–H groups in total. The first-order chi connectivity index (χ1) is 7.26. The molecule has 0 aliphatic rings. The van der Waals surface area contributed by atoms with E-state index in [9.17, 15) is 21.6 Å². The van der Waals surface area contributed by atoms with Crippen LogP contribution in [-0.4, -0.2) is 25.3 Å². The van der Waals surface area contributed by atoms with Crippen LogP contribution in [0.4, 0.5) is 13.2 Å². The molecule has 16 heavy (non-hydrogen) atoms. The number of pyridine rings is 1. The van der Waals surface area contributed by atoms with Crippen molar-refractivity contribution in [3.05, 3.63) is 23.9 Å². The van der Waals surface area contributed by atoms with Crippen LogP contribution in [0.5, 0.6) is 0 Å². The standard InChI is InChI=1S/C8H9F3N2O2S/c9-8(10,11)5-16(14,15)7-6(4-12)2-1-3-13-7/h1-3H,4-5,12H2. The lowest BCUT2D eigenvalue weighted by Gasteiger charge is -2.09. The molecule has 1 rings (SSSR count). The van der Waals surface area contributed by atoms with Crippen LogP contribution >= 0.6 is 0 Å². The molecular weight excluding hydrogens is 245 g/mol. The number of hydrogen-bond donors (Lipinski definition) is 1. The number of alkyl halides is 3. The molecule has 0 atom stereocenters. The SMILES string of the molecule is NCc1cccnc1S(=O)(=O)CC(F)(F)F. The summed E-state index contributed by atoms with van der Waals surface area (Å²) in [5.41, 5.74) is 5.30. The van der Waals surface area contributed by atoms with E-state index in [4.69, 9.17) is 5.73 Å². The first-order valence-electron chi connectivity index (χ1n) is 4.20. The maximum atomic E-state index is 12.0. The summed E-state index contributed by atoms with van der Waals surface area (Å²) in [6, 6.07) is 2.74. The summed E-state index contributed by atoms with van der Waals surface area (Å²) in [7, 11) is -4.48. The van der Waals surface area contributed by atoms with Crippen molar-refractivity contribution in [2.45, 2.75) is 17.7 Å². The van der Waals surface area contributed by atoms with Gasteiger partial charge in [0.1, 0.15) is 0 Å². The minimum atomic E-state index is -4.79. The minimum absolute atomic E-state index is 0.0757. The fraction of sp³-hybridized carbons (Fsp3) is 0.375. The third kappa shape index (κ3) is 3.17. The molecule has 0 aliphatic carbocycles. The highest BCUT2D eigenvalue weighted by molar-refractivity contribution is 7.91. The summed E-state index contributed by atoms with van der Waals surface area (Å²) in [5, 5.41) is -0.602. The Bertz CT molecular complexity index is 470. The highest BCUT2D eigenvalue weighted by atomic mass is 32.2. The van der Waals surface area contributed by atoms with Crippen molar-refractivity contribution >= 4 is 9.84 Å². The average Bonchev–Trinajstić information content (AvgIpc) is 2.14. The van der Waals surface area contributed by atoms with Crippen LogP contribution in [0.2, 0.25) is 0 Å². The van der Waals surface area contributed by atoms with Crippen molar-refractivity contribution in [1.29, 1.82) is 0 Å². The van der Waals surface area contributed by atoms with Gasteiger partial charge in [0.05, 0.1) is 0 Å². The first-order valence-corrected chi connectivity index (χ1v) is 5.85. The maximum Gasteiger partial charge on any atom is 0.403 e. The lowest BCUT2D eigenvalue weighted by Crippen LogP contribution is -2.24. The molecule has 90 valence electrons. The smallest absolute Gasteiger partial charge is 0.326 e. The van der Waals surface area contributed by atoms with Gasteiger partial charge in [0.15, 0.2) is 10.8 Å². The molecule has 0 fully saturated rings. The predicted octanol–water partition coefficient (Wildman–Crippen LogP) is 0.876. The quantitative estimate of drug-likeness (QED) is 0.868. The molecule has 4 nitrogen and oxygen atoms in total. The van der Waals surface area contributed by atoms with Gasteiger partial charge in [0, 0.05) is 18.3 Å². The second-order valence-electron chi connectivity index (χ2n) is 3.05. The summed E-state index contributed by atoms with van der Waals surface area (Å²) < 4.78 is 58.9. The first kappa shape index (κ1) is 12.9. The molecule has 0 bridgehead atoms. The van der Waals surface area contributed by atoms with Crippen LogP contribution in [0.25, 0.3) is 0 Å². The van der Waals surface area contributed by atoms with Gasteiger partial charge >= 0.3 is 6.18 Å². The number of hydrogen-bond acceptors (Lipinski definition) is 4. The highest BCUT2D eigenvalue weighted by Gasteiger charge is 2.37.